The van der Waals surface area contributed by atoms with E-state index in [2.05, 4.69) is 39.4 Å². The second-order valence-corrected chi connectivity index (χ2v) is 6.52. The normalized spacial score (nSPS) is 22.7. The van der Waals surface area contributed by atoms with Gasteiger partial charge in [-0.05, 0) is 50.5 Å². The van der Waals surface area contributed by atoms with Crippen LogP contribution < -0.4 is 10.6 Å². The number of nitrogens with zero attached hydrogens (tertiary/aromatic N) is 3. The van der Waals surface area contributed by atoms with Gasteiger partial charge >= 0.3 is 0 Å². The van der Waals surface area contributed by atoms with Gasteiger partial charge in [0.2, 0.25) is 0 Å². The summed E-state index contributed by atoms with van der Waals surface area (Å²) in [4.78, 5) is 12.8. The summed E-state index contributed by atoms with van der Waals surface area (Å²) in [6.07, 6.45) is 6.89. The molecule has 0 spiro atoms. The van der Waals surface area contributed by atoms with E-state index in [1.165, 1.54) is 25.7 Å². The summed E-state index contributed by atoms with van der Waals surface area (Å²) < 4.78 is 0. The molecule has 1 fully saturated rings. The Bertz CT molecular complexity index is 490. The second kappa shape index (κ2) is 8.11. The maximum Gasteiger partial charge on any atom is 0.191 e. The fourth-order valence-electron chi connectivity index (χ4n) is 3.10. The summed E-state index contributed by atoms with van der Waals surface area (Å²) in [7, 11) is 1.82. The molecule has 5 heteroatoms. The average molecular weight is 303 g/mol. The van der Waals surface area contributed by atoms with Crippen LogP contribution in [0, 0.1) is 18.8 Å². The van der Waals surface area contributed by atoms with Gasteiger partial charge in [0.25, 0.3) is 0 Å². The first-order valence-electron chi connectivity index (χ1n) is 8.34. The van der Waals surface area contributed by atoms with E-state index < -0.39 is 0 Å². The van der Waals surface area contributed by atoms with Gasteiger partial charge in [-0.2, -0.15) is 0 Å². The van der Waals surface area contributed by atoms with Crippen LogP contribution in [0.1, 0.15) is 51.0 Å². The van der Waals surface area contributed by atoms with Gasteiger partial charge in [-0.25, -0.2) is 9.97 Å². The standard InChI is InChI=1S/C17H29N5/c1-12(2)14-5-7-15(8-6-14)22-17(18-4)20-11-16-9-10-19-13(3)21-16/h9-10,12,14-15H,5-8,11H2,1-4H3,(H2,18,20,22). The summed E-state index contributed by atoms with van der Waals surface area (Å²) in [5, 5.41) is 6.89. The van der Waals surface area contributed by atoms with E-state index in [-0.39, 0.29) is 0 Å². The lowest BCUT2D eigenvalue weighted by Crippen LogP contribution is -2.44. The third-order valence-corrected chi connectivity index (χ3v) is 4.55. The predicted octanol–water partition coefficient (Wildman–Crippen LogP) is 2.66. The van der Waals surface area contributed by atoms with Gasteiger partial charge in [0, 0.05) is 19.3 Å². The summed E-state index contributed by atoms with van der Waals surface area (Å²) in [5.74, 6) is 3.36. The molecule has 1 saturated carbocycles. The Hall–Kier alpha value is -1.65. The van der Waals surface area contributed by atoms with Crippen molar-refractivity contribution in [2.75, 3.05) is 7.05 Å². The van der Waals surface area contributed by atoms with Gasteiger partial charge in [0.1, 0.15) is 5.82 Å². The Morgan fingerprint density at radius 1 is 1.32 bits per heavy atom. The molecule has 0 aliphatic heterocycles. The maximum absolute atomic E-state index is 4.40. The zero-order valence-electron chi connectivity index (χ0n) is 14.3. The van der Waals surface area contributed by atoms with Crippen LogP contribution in [0.25, 0.3) is 0 Å². The molecule has 1 aromatic heterocycles. The van der Waals surface area contributed by atoms with Crippen LogP contribution in [0.3, 0.4) is 0 Å². The Kier molecular flexibility index (Phi) is 6.16. The lowest BCUT2D eigenvalue weighted by atomic mass is 9.80. The fourth-order valence-corrected chi connectivity index (χ4v) is 3.10. The minimum atomic E-state index is 0.535. The van der Waals surface area contributed by atoms with Crippen LogP contribution >= 0.6 is 0 Å². The molecule has 0 atom stereocenters. The first kappa shape index (κ1) is 16.7. The van der Waals surface area contributed by atoms with Crippen molar-refractivity contribution in [3.63, 3.8) is 0 Å². The van der Waals surface area contributed by atoms with Crippen LogP contribution in [0.2, 0.25) is 0 Å². The van der Waals surface area contributed by atoms with Crippen molar-refractivity contribution in [3.05, 3.63) is 23.8 Å². The molecule has 1 aliphatic carbocycles. The lowest BCUT2D eigenvalue weighted by molar-refractivity contribution is 0.250. The van der Waals surface area contributed by atoms with Gasteiger partial charge in [-0.3, -0.25) is 4.99 Å². The molecule has 2 N–H and O–H groups in total. The number of guanidine groups is 1. The highest BCUT2D eigenvalue weighted by atomic mass is 15.2. The zero-order chi connectivity index (χ0) is 15.9. The Morgan fingerprint density at radius 3 is 2.64 bits per heavy atom. The number of hydrogen-bond acceptors (Lipinski definition) is 3. The maximum atomic E-state index is 4.40. The molecule has 1 heterocycles. The molecule has 0 amide bonds. The quantitative estimate of drug-likeness (QED) is 0.663. The van der Waals surface area contributed by atoms with Gasteiger partial charge in [0.05, 0.1) is 12.2 Å². The molecule has 0 aromatic carbocycles. The highest BCUT2D eigenvalue weighted by molar-refractivity contribution is 5.79. The molecule has 0 saturated heterocycles. The fraction of sp³-hybridized carbons (Fsp3) is 0.706. The molecular formula is C17H29N5. The van der Waals surface area contributed by atoms with E-state index >= 15 is 0 Å². The number of rotatable bonds is 4. The molecular weight excluding hydrogens is 274 g/mol. The topological polar surface area (TPSA) is 62.2 Å². The molecule has 22 heavy (non-hydrogen) atoms. The number of aliphatic imine (C=N–C) groups is 1. The first-order valence-corrected chi connectivity index (χ1v) is 8.34. The van der Waals surface area contributed by atoms with Gasteiger partial charge in [-0.15, -0.1) is 0 Å². The van der Waals surface area contributed by atoms with Crippen molar-refractivity contribution >= 4 is 5.96 Å². The Labute approximate surface area is 134 Å². The van der Waals surface area contributed by atoms with Crippen molar-refractivity contribution in [1.29, 1.82) is 0 Å². The van der Waals surface area contributed by atoms with E-state index in [1.54, 1.807) is 6.20 Å². The van der Waals surface area contributed by atoms with Crippen LogP contribution in [0.5, 0.6) is 0 Å². The highest BCUT2D eigenvalue weighted by Crippen LogP contribution is 2.29. The van der Waals surface area contributed by atoms with Crippen molar-refractivity contribution < 1.29 is 0 Å². The average Bonchev–Trinajstić information content (AvgIpc) is 2.52. The molecule has 1 aromatic rings. The molecule has 0 radical (unpaired) electrons. The van der Waals surface area contributed by atoms with E-state index in [9.17, 15) is 0 Å². The number of nitrogens with one attached hydrogen (secondary N) is 2. The number of hydrogen-bond donors (Lipinski definition) is 2. The summed E-state index contributed by atoms with van der Waals surface area (Å²) >= 11 is 0. The third kappa shape index (κ3) is 4.97. The SMILES string of the molecule is CN=C(NCc1ccnc(C)n1)NC1CCC(C(C)C)CC1. The lowest BCUT2D eigenvalue weighted by Gasteiger charge is -2.32. The summed E-state index contributed by atoms with van der Waals surface area (Å²) in [6.45, 7) is 7.25. The summed E-state index contributed by atoms with van der Waals surface area (Å²) in [5.41, 5.74) is 0.985. The van der Waals surface area contributed by atoms with Crippen LogP contribution in [-0.2, 0) is 6.54 Å². The van der Waals surface area contributed by atoms with E-state index in [0.717, 1.165) is 29.3 Å². The largest absolute Gasteiger partial charge is 0.354 e. The van der Waals surface area contributed by atoms with E-state index in [1.807, 2.05) is 20.0 Å². The minimum absolute atomic E-state index is 0.535. The first-order chi connectivity index (χ1) is 10.6. The molecule has 122 valence electrons. The van der Waals surface area contributed by atoms with Crippen molar-refractivity contribution in [2.24, 2.45) is 16.8 Å². The van der Waals surface area contributed by atoms with Crippen molar-refractivity contribution in [2.45, 2.75) is 59.0 Å². The minimum Gasteiger partial charge on any atom is -0.354 e. The van der Waals surface area contributed by atoms with Crippen LogP contribution in [0.15, 0.2) is 17.3 Å². The number of aryl methyl sites for hydroxylation is 1. The smallest absolute Gasteiger partial charge is 0.191 e. The summed E-state index contributed by atoms with van der Waals surface area (Å²) in [6, 6.07) is 2.47. The molecule has 2 rings (SSSR count). The zero-order valence-corrected chi connectivity index (χ0v) is 14.3. The van der Waals surface area contributed by atoms with Crippen molar-refractivity contribution in [1.82, 2.24) is 20.6 Å². The van der Waals surface area contributed by atoms with Gasteiger partial charge < -0.3 is 10.6 Å². The molecule has 1 aliphatic rings. The van der Waals surface area contributed by atoms with E-state index in [4.69, 9.17) is 0 Å². The van der Waals surface area contributed by atoms with Crippen LogP contribution in [0.4, 0.5) is 0 Å². The molecule has 5 nitrogen and oxygen atoms in total. The van der Waals surface area contributed by atoms with Crippen molar-refractivity contribution in [3.8, 4) is 0 Å². The van der Waals surface area contributed by atoms with Gasteiger partial charge in [0.15, 0.2) is 5.96 Å². The molecule has 0 bridgehead atoms. The number of aromatic nitrogens is 2. The second-order valence-electron chi connectivity index (χ2n) is 6.52. The highest BCUT2D eigenvalue weighted by Gasteiger charge is 2.23. The monoisotopic (exact) mass is 303 g/mol. The Balaban J connectivity index is 1.78. The van der Waals surface area contributed by atoms with E-state index in [0.29, 0.717) is 12.6 Å². The van der Waals surface area contributed by atoms with Gasteiger partial charge in [-0.1, -0.05) is 13.8 Å². The Morgan fingerprint density at radius 2 is 2.05 bits per heavy atom. The van der Waals surface area contributed by atoms with Crippen LogP contribution in [-0.4, -0.2) is 29.0 Å². The third-order valence-electron chi connectivity index (χ3n) is 4.55. The predicted molar refractivity (Wildman–Crippen MR) is 90.7 cm³/mol. The molecule has 0 unspecified atom stereocenters.